The highest BCUT2D eigenvalue weighted by Crippen LogP contribution is 2.22. The van der Waals surface area contributed by atoms with Crippen molar-refractivity contribution in [3.63, 3.8) is 0 Å². The number of likely N-dealkylation sites (tertiary alicyclic amines) is 1. The monoisotopic (exact) mass is 407 g/mol. The first-order chi connectivity index (χ1) is 11.9. The van der Waals surface area contributed by atoms with Crippen molar-refractivity contribution in [2.45, 2.75) is 39.2 Å². The van der Waals surface area contributed by atoms with Crippen molar-refractivity contribution in [2.75, 3.05) is 13.1 Å². The Kier molecular flexibility index (Phi) is 5.13. The molecule has 1 aliphatic rings. The molecule has 0 aliphatic carbocycles. The molecular formula is C18H22BrN3O3. The molecule has 0 bridgehead atoms. The minimum absolute atomic E-state index is 0.0533. The Morgan fingerprint density at radius 3 is 2.88 bits per heavy atom. The number of rotatable bonds is 3. The lowest BCUT2D eigenvalue weighted by molar-refractivity contribution is 0.116. The quantitative estimate of drug-likeness (QED) is 0.841. The van der Waals surface area contributed by atoms with Crippen LogP contribution in [-0.2, 0) is 6.54 Å². The fourth-order valence-electron chi connectivity index (χ4n) is 3.47. The maximum Gasteiger partial charge on any atom is 0.407 e. The smallest absolute Gasteiger partial charge is 0.407 e. The third-order valence-corrected chi connectivity index (χ3v) is 5.19. The summed E-state index contributed by atoms with van der Waals surface area (Å²) >= 11 is 3.41. The van der Waals surface area contributed by atoms with Crippen molar-refractivity contribution in [2.24, 2.45) is 5.92 Å². The van der Waals surface area contributed by atoms with Gasteiger partial charge in [-0.3, -0.25) is 9.36 Å². The zero-order chi connectivity index (χ0) is 18.1. The fraction of sp³-hybridized carbons (Fsp3) is 0.500. The number of carbonyl (C=O) groups is 1. The SMILES string of the molecule is CC(C)c1nc2ccc(Br)cc2c(=O)n1C[C@@H]1CCCN(C(=O)O)C1. The summed E-state index contributed by atoms with van der Waals surface area (Å²) in [5.41, 5.74) is 0.645. The highest BCUT2D eigenvalue weighted by atomic mass is 79.9. The Hall–Kier alpha value is -1.89. The first-order valence-electron chi connectivity index (χ1n) is 8.54. The van der Waals surface area contributed by atoms with E-state index in [-0.39, 0.29) is 17.4 Å². The van der Waals surface area contributed by atoms with Crippen LogP contribution in [0.4, 0.5) is 4.79 Å². The van der Waals surface area contributed by atoms with Crippen LogP contribution in [0.1, 0.15) is 38.4 Å². The van der Waals surface area contributed by atoms with E-state index in [0.29, 0.717) is 30.5 Å². The van der Waals surface area contributed by atoms with Gasteiger partial charge in [0.25, 0.3) is 5.56 Å². The summed E-state index contributed by atoms with van der Waals surface area (Å²) in [6.07, 6.45) is 0.862. The summed E-state index contributed by atoms with van der Waals surface area (Å²) in [6.45, 7) is 5.59. The second-order valence-electron chi connectivity index (χ2n) is 6.94. The molecule has 1 atom stereocenters. The molecule has 0 radical (unpaired) electrons. The Morgan fingerprint density at radius 2 is 2.20 bits per heavy atom. The fourth-order valence-corrected chi connectivity index (χ4v) is 3.83. The third kappa shape index (κ3) is 3.71. The van der Waals surface area contributed by atoms with E-state index in [1.165, 1.54) is 4.90 Å². The number of piperidine rings is 1. The van der Waals surface area contributed by atoms with E-state index in [0.717, 1.165) is 23.1 Å². The summed E-state index contributed by atoms with van der Waals surface area (Å²) < 4.78 is 2.59. The molecular weight excluding hydrogens is 386 g/mol. The van der Waals surface area contributed by atoms with E-state index in [4.69, 9.17) is 4.98 Å². The van der Waals surface area contributed by atoms with Crippen molar-refractivity contribution in [1.82, 2.24) is 14.5 Å². The lowest BCUT2D eigenvalue weighted by Gasteiger charge is -2.31. The Labute approximate surface area is 154 Å². The second-order valence-corrected chi connectivity index (χ2v) is 7.85. The maximum atomic E-state index is 13.1. The lowest BCUT2D eigenvalue weighted by Crippen LogP contribution is -2.41. The number of fused-ring (bicyclic) bond motifs is 1. The summed E-state index contributed by atoms with van der Waals surface area (Å²) in [4.78, 5) is 30.5. The Balaban J connectivity index is 2.02. The van der Waals surface area contributed by atoms with Crippen LogP contribution in [0.15, 0.2) is 27.5 Å². The number of amides is 1. The van der Waals surface area contributed by atoms with E-state index < -0.39 is 6.09 Å². The van der Waals surface area contributed by atoms with Crippen LogP contribution >= 0.6 is 15.9 Å². The average molecular weight is 408 g/mol. The standard InChI is InChI=1S/C18H22BrN3O3/c1-11(2)16-20-15-6-5-13(19)8-14(15)17(23)22(16)10-12-4-3-7-21(9-12)18(24)25/h5-6,8,11-12H,3-4,7,9-10H2,1-2H3,(H,24,25)/t12-/m1/s1. The molecule has 1 amide bonds. The maximum absolute atomic E-state index is 13.1. The van der Waals surface area contributed by atoms with Crippen LogP contribution < -0.4 is 5.56 Å². The van der Waals surface area contributed by atoms with E-state index in [9.17, 15) is 14.7 Å². The van der Waals surface area contributed by atoms with Crippen molar-refractivity contribution in [3.05, 3.63) is 38.9 Å². The molecule has 3 rings (SSSR count). The van der Waals surface area contributed by atoms with Crippen LogP contribution in [0.25, 0.3) is 10.9 Å². The molecule has 1 aromatic carbocycles. The van der Waals surface area contributed by atoms with Crippen LogP contribution in [0.2, 0.25) is 0 Å². The van der Waals surface area contributed by atoms with E-state index in [1.807, 2.05) is 26.0 Å². The van der Waals surface area contributed by atoms with Crippen molar-refractivity contribution in [1.29, 1.82) is 0 Å². The third-order valence-electron chi connectivity index (χ3n) is 4.69. The van der Waals surface area contributed by atoms with Crippen molar-refractivity contribution in [3.8, 4) is 0 Å². The summed E-state index contributed by atoms with van der Waals surface area (Å²) in [7, 11) is 0. The molecule has 1 saturated heterocycles. The van der Waals surface area contributed by atoms with E-state index in [2.05, 4.69) is 15.9 Å². The van der Waals surface area contributed by atoms with Crippen molar-refractivity contribution >= 4 is 32.9 Å². The van der Waals surface area contributed by atoms with Gasteiger partial charge >= 0.3 is 6.09 Å². The van der Waals surface area contributed by atoms with Gasteiger partial charge in [-0.05, 0) is 37.0 Å². The number of benzene rings is 1. The number of nitrogens with zero attached hydrogens (tertiary/aromatic N) is 3. The molecule has 7 heteroatoms. The van der Waals surface area contributed by atoms with Gasteiger partial charge in [0, 0.05) is 30.0 Å². The van der Waals surface area contributed by atoms with Crippen LogP contribution in [-0.4, -0.2) is 38.7 Å². The first-order valence-corrected chi connectivity index (χ1v) is 9.34. The Morgan fingerprint density at radius 1 is 1.44 bits per heavy atom. The van der Waals surface area contributed by atoms with Gasteiger partial charge in [0.15, 0.2) is 0 Å². The van der Waals surface area contributed by atoms with Gasteiger partial charge in [-0.25, -0.2) is 9.78 Å². The second kappa shape index (κ2) is 7.15. The minimum Gasteiger partial charge on any atom is -0.465 e. The number of halogens is 1. The summed E-state index contributed by atoms with van der Waals surface area (Å²) in [5, 5.41) is 9.82. The molecule has 2 aromatic rings. The summed E-state index contributed by atoms with van der Waals surface area (Å²) in [6, 6.07) is 5.54. The molecule has 1 fully saturated rings. The predicted molar refractivity (Wildman–Crippen MR) is 100 cm³/mol. The van der Waals surface area contributed by atoms with Crippen LogP contribution in [0, 0.1) is 5.92 Å². The molecule has 134 valence electrons. The molecule has 1 aliphatic heterocycles. The molecule has 0 saturated carbocycles. The number of carboxylic acid groups (broad SMARTS) is 1. The highest BCUT2D eigenvalue weighted by Gasteiger charge is 2.25. The number of hydrogen-bond acceptors (Lipinski definition) is 3. The van der Waals surface area contributed by atoms with Crippen LogP contribution in [0.3, 0.4) is 0 Å². The highest BCUT2D eigenvalue weighted by molar-refractivity contribution is 9.10. The number of aromatic nitrogens is 2. The zero-order valence-electron chi connectivity index (χ0n) is 14.4. The summed E-state index contributed by atoms with van der Waals surface area (Å²) in [5.74, 6) is 0.999. The van der Waals surface area contributed by atoms with Crippen LogP contribution in [0.5, 0.6) is 0 Å². The molecule has 6 nitrogen and oxygen atoms in total. The van der Waals surface area contributed by atoms with Crippen molar-refractivity contribution < 1.29 is 9.90 Å². The zero-order valence-corrected chi connectivity index (χ0v) is 16.0. The van der Waals surface area contributed by atoms with Gasteiger partial charge in [0.1, 0.15) is 5.82 Å². The normalized spacial score (nSPS) is 18.1. The van der Waals surface area contributed by atoms with Gasteiger partial charge in [0.2, 0.25) is 0 Å². The largest absolute Gasteiger partial charge is 0.465 e. The van der Waals surface area contributed by atoms with Gasteiger partial charge in [0.05, 0.1) is 10.9 Å². The first kappa shape index (κ1) is 17.9. The Bertz CT molecular complexity index is 863. The molecule has 0 unspecified atom stereocenters. The van der Waals surface area contributed by atoms with Gasteiger partial charge in [-0.1, -0.05) is 29.8 Å². The van der Waals surface area contributed by atoms with E-state index >= 15 is 0 Å². The van der Waals surface area contributed by atoms with Gasteiger partial charge in [-0.15, -0.1) is 0 Å². The predicted octanol–water partition coefficient (Wildman–Crippen LogP) is 3.67. The van der Waals surface area contributed by atoms with E-state index in [1.54, 1.807) is 10.6 Å². The van der Waals surface area contributed by atoms with Gasteiger partial charge < -0.3 is 10.0 Å². The molecule has 1 aromatic heterocycles. The minimum atomic E-state index is -0.887. The molecule has 2 heterocycles. The number of hydrogen-bond donors (Lipinski definition) is 1. The molecule has 25 heavy (non-hydrogen) atoms. The average Bonchev–Trinajstić information content (AvgIpc) is 2.57. The topological polar surface area (TPSA) is 75.4 Å². The lowest BCUT2D eigenvalue weighted by atomic mass is 9.98. The molecule has 0 spiro atoms. The molecule has 1 N–H and O–H groups in total. The van der Waals surface area contributed by atoms with Gasteiger partial charge in [-0.2, -0.15) is 0 Å².